The van der Waals surface area contributed by atoms with E-state index in [0.29, 0.717) is 17.3 Å². The van der Waals surface area contributed by atoms with Gasteiger partial charge in [-0.2, -0.15) is 4.80 Å². The van der Waals surface area contributed by atoms with Crippen molar-refractivity contribution in [1.82, 2.24) is 25.5 Å². The number of halogens is 1. The Kier molecular flexibility index (Phi) is 6.25. The topological polar surface area (TPSA) is 99.0 Å². The van der Waals surface area contributed by atoms with Crippen molar-refractivity contribution in [1.29, 1.82) is 0 Å². The van der Waals surface area contributed by atoms with Crippen LogP contribution in [0.2, 0.25) is 5.02 Å². The summed E-state index contributed by atoms with van der Waals surface area (Å²) in [6.07, 6.45) is 0.597. The number of aromatic nitrogens is 4. The van der Waals surface area contributed by atoms with E-state index in [1.807, 2.05) is 6.92 Å². The van der Waals surface area contributed by atoms with Crippen molar-refractivity contribution in [3.05, 3.63) is 29.3 Å². The summed E-state index contributed by atoms with van der Waals surface area (Å²) in [5.41, 5.74) is 0.756. The van der Waals surface area contributed by atoms with Crippen LogP contribution in [0.3, 0.4) is 0 Å². The molecule has 0 bridgehead atoms. The van der Waals surface area contributed by atoms with Gasteiger partial charge in [-0.15, -0.1) is 10.2 Å². The number of hydrogen-bond acceptors (Lipinski definition) is 6. The molecule has 0 aliphatic carbocycles. The predicted molar refractivity (Wildman–Crippen MR) is 87.2 cm³/mol. The summed E-state index contributed by atoms with van der Waals surface area (Å²) in [4.78, 5) is 24.6. The Morgan fingerprint density at radius 2 is 2.04 bits per heavy atom. The number of nitrogens with zero attached hydrogens (tertiary/aromatic N) is 4. The highest BCUT2D eigenvalue weighted by Crippen LogP contribution is 2.18. The van der Waals surface area contributed by atoms with Crippen LogP contribution in [0.4, 0.5) is 0 Å². The second kappa shape index (κ2) is 8.39. The van der Waals surface area contributed by atoms with Crippen molar-refractivity contribution >= 4 is 23.5 Å². The first-order valence-corrected chi connectivity index (χ1v) is 7.83. The van der Waals surface area contributed by atoms with Gasteiger partial charge in [-0.05, 0) is 35.9 Å². The van der Waals surface area contributed by atoms with Crippen molar-refractivity contribution in [2.75, 3.05) is 13.7 Å². The van der Waals surface area contributed by atoms with Gasteiger partial charge in [0.25, 0.3) is 0 Å². The Bertz CT molecular complexity index is 701. The summed E-state index contributed by atoms with van der Waals surface area (Å²) in [6, 6.07) is 6.42. The zero-order valence-electron chi connectivity index (χ0n) is 13.4. The monoisotopic (exact) mass is 351 g/mol. The van der Waals surface area contributed by atoms with Gasteiger partial charge in [0.15, 0.2) is 6.04 Å². The van der Waals surface area contributed by atoms with Gasteiger partial charge in [-0.25, -0.2) is 0 Å². The maximum Gasteiger partial charge on any atom is 0.307 e. The highest BCUT2D eigenvalue weighted by Gasteiger charge is 2.21. The van der Waals surface area contributed by atoms with Crippen LogP contribution in [-0.4, -0.2) is 45.7 Å². The fraction of sp³-hybridized carbons (Fsp3) is 0.400. The van der Waals surface area contributed by atoms with E-state index in [1.54, 1.807) is 24.3 Å². The molecule has 0 aliphatic rings. The van der Waals surface area contributed by atoms with Crippen molar-refractivity contribution in [2.24, 2.45) is 0 Å². The Balaban J connectivity index is 2.04. The van der Waals surface area contributed by atoms with Crippen molar-refractivity contribution in [3.63, 3.8) is 0 Å². The zero-order valence-corrected chi connectivity index (χ0v) is 14.2. The van der Waals surface area contributed by atoms with E-state index in [4.69, 9.17) is 11.6 Å². The molecule has 0 saturated heterocycles. The van der Waals surface area contributed by atoms with E-state index in [2.05, 4.69) is 25.5 Å². The third kappa shape index (κ3) is 4.51. The average Bonchev–Trinajstić information content (AvgIpc) is 3.05. The lowest BCUT2D eigenvalue weighted by atomic mass is 10.2. The molecule has 0 fully saturated rings. The number of rotatable bonds is 7. The number of ether oxygens (including phenoxy) is 1. The summed E-state index contributed by atoms with van der Waals surface area (Å²) in [6.45, 7) is 2.04. The smallest absolute Gasteiger partial charge is 0.307 e. The third-order valence-electron chi connectivity index (χ3n) is 3.35. The summed E-state index contributed by atoms with van der Waals surface area (Å²) in [7, 11) is 1.30. The minimum absolute atomic E-state index is 0.111. The van der Waals surface area contributed by atoms with Crippen LogP contribution in [0.25, 0.3) is 11.4 Å². The van der Waals surface area contributed by atoms with Crippen LogP contribution in [0, 0.1) is 0 Å². The number of carbonyl (C=O) groups excluding carboxylic acids is 2. The average molecular weight is 352 g/mol. The molecule has 0 spiro atoms. The van der Waals surface area contributed by atoms with Crippen LogP contribution < -0.4 is 5.32 Å². The molecule has 128 valence electrons. The maximum absolute atomic E-state index is 12.2. The van der Waals surface area contributed by atoms with Gasteiger partial charge in [-0.1, -0.05) is 18.5 Å². The SMILES string of the molecule is CCC(C(=O)NCCC(=O)OC)n1nnc(-c2ccc(Cl)cc2)n1. The van der Waals surface area contributed by atoms with Crippen LogP contribution in [0.5, 0.6) is 0 Å². The number of benzene rings is 1. The number of methoxy groups -OCH3 is 1. The lowest BCUT2D eigenvalue weighted by Crippen LogP contribution is -2.34. The van der Waals surface area contributed by atoms with Crippen LogP contribution in [0.15, 0.2) is 24.3 Å². The first-order valence-electron chi connectivity index (χ1n) is 7.45. The van der Waals surface area contributed by atoms with E-state index >= 15 is 0 Å². The molecule has 9 heteroatoms. The summed E-state index contributed by atoms with van der Waals surface area (Å²) >= 11 is 5.85. The molecule has 0 aliphatic heterocycles. The number of nitrogens with one attached hydrogen (secondary N) is 1. The van der Waals surface area contributed by atoms with Gasteiger partial charge in [0.05, 0.1) is 13.5 Å². The quantitative estimate of drug-likeness (QED) is 0.761. The molecule has 1 unspecified atom stereocenters. The molecule has 1 heterocycles. The Hall–Kier alpha value is -2.48. The second-order valence-corrected chi connectivity index (χ2v) is 5.42. The maximum atomic E-state index is 12.2. The molecule has 2 aromatic rings. The molecule has 1 aromatic carbocycles. The lowest BCUT2D eigenvalue weighted by molar-refractivity contribution is -0.140. The van der Waals surface area contributed by atoms with E-state index in [0.717, 1.165) is 5.56 Å². The number of carbonyl (C=O) groups is 2. The fourth-order valence-electron chi connectivity index (χ4n) is 2.03. The van der Waals surface area contributed by atoms with Gasteiger partial charge in [0.2, 0.25) is 11.7 Å². The number of hydrogen-bond donors (Lipinski definition) is 1. The molecule has 1 aromatic heterocycles. The van der Waals surface area contributed by atoms with Crippen LogP contribution in [-0.2, 0) is 14.3 Å². The summed E-state index contributed by atoms with van der Waals surface area (Å²) in [5.74, 6) is -0.249. The van der Waals surface area contributed by atoms with E-state index in [-0.39, 0.29) is 24.8 Å². The van der Waals surface area contributed by atoms with Crippen molar-refractivity contribution in [2.45, 2.75) is 25.8 Å². The summed E-state index contributed by atoms with van der Waals surface area (Å²) < 4.78 is 4.52. The second-order valence-electron chi connectivity index (χ2n) is 4.98. The molecule has 0 radical (unpaired) electrons. The third-order valence-corrected chi connectivity index (χ3v) is 3.61. The Morgan fingerprint density at radius 1 is 1.33 bits per heavy atom. The van der Waals surface area contributed by atoms with Crippen LogP contribution >= 0.6 is 11.6 Å². The molecule has 1 atom stereocenters. The fourth-order valence-corrected chi connectivity index (χ4v) is 2.16. The van der Waals surface area contributed by atoms with Gasteiger partial charge >= 0.3 is 5.97 Å². The molecule has 1 N–H and O–H groups in total. The molecular weight excluding hydrogens is 334 g/mol. The van der Waals surface area contributed by atoms with E-state index in [1.165, 1.54) is 11.9 Å². The van der Waals surface area contributed by atoms with Gasteiger partial charge in [0, 0.05) is 17.1 Å². The highest BCUT2D eigenvalue weighted by molar-refractivity contribution is 6.30. The van der Waals surface area contributed by atoms with Crippen molar-refractivity contribution in [3.8, 4) is 11.4 Å². The normalized spacial score (nSPS) is 11.8. The Labute approximate surface area is 144 Å². The first-order chi connectivity index (χ1) is 11.5. The first kappa shape index (κ1) is 17.9. The highest BCUT2D eigenvalue weighted by atomic mass is 35.5. The van der Waals surface area contributed by atoms with Crippen molar-refractivity contribution < 1.29 is 14.3 Å². The number of tetrazole rings is 1. The largest absolute Gasteiger partial charge is 0.469 e. The standard InChI is InChI=1S/C15H18ClN5O3/c1-3-12(15(23)17-9-8-13(22)24-2)21-19-14(18-20-21)10-4-6-11(16)7-5-10/h4-7,12H,3,8-9H2,1-2H3,(H,17,23). The molecule has 24 heavy (non-hydrogen) atoms. The van der Waals surface area contributed by atoms with E-state index in [9.17, 15) is 9.59 Å². The molecule has 0 saturated carbocycles. The molecule has 1 amide bonds. The number of amides is 1. The molecular formula is C15H18ClN5O3. The minimum Gasteiger partial charge on any atom is -0.469 e. The predicted octanol–water partition coefficient (Wildman–Crippen LogP) is 1.62. The Morgan fingerprint density at radius 3 is 2.67 bits per heavy atom. The van der Waals surface area contributed by atoms with Gasteiger partial charge < -0.3 is 10.1 Å². The van der Waals surface area contributed by atoms with Crippen LogP contribution in [0.1, 0.15) is 25.8 Å². The van der Waals surface area contributed by atoms with Gasteiger partial charge in [0.1, 0.15) is 0 Å². The zero-order chi connectivity index (χ0) is 17.5. The molecule has 8 nitrogen and oxygen atoms in total. The lowest BCUT2D eigenvalue weighted by Gasteiger charge is -2.13. The minimum atomic E-state index is -0.601. The number of esters is 1. The molecule has 2 rings (SSSR count). The summed E-state index contributed by atoms with van der Waals surface area (Å²) in [5, 5.41) is 15.5. The van der Waals surface area contributed by atoms with E-state index < -0.39 is 6.04 Å². The van der Waals surface area contributed by atoms with Gasteiger partial charge in [-0.3, -0.25) is 9.59 Å².